The highest BCUT2D eigenvalue weighted by Gasteiger charge is 2.26. The topological polar surface area (TPSA) is 58.4 Å². The summed E-state index contributed by atoms with van der Waals surface area (Å²) in [5.74, 6) is -0.155. The van der Waals surface area contributed by atoms with Gasteiger partial charge in [0, 0.05) is 20.1 Å². The summed E-state index contributed by atoms with van der Waals surface area (Å²) < 4.78 is 1.70. The Morgan fingerprint density at radius 1 is 1.32 bits per heavy atom. The van der Waals surface area contributed by atoms with Crippen LogP contribution in [0.3, 0.4) is 0 Å². The van der Waals surface area contributed by atoms with Gasteiger partial charge in [-0.15, -0.1) is 0 Å². The molecule has 1 heterocycles. The molecule has 0 bridgehead atoms. The Labute approximate surface area is 114 Å². The first-order chi connectivity index (χ1) is 9.02. The fourth-order valence-corrected chi connectivity index (χ4v) is 3.12. The molecule has 1 N–H and O–H groups in total. The number of rotatable bonds is 3. The highest BCUT2D eigenvalue weighted by atomic mass is 16.4. The van der Waals surface area contributed by atoms with Crippen LogP contribution in [0.1, 0.15) is 54.6 Å². The molecule has 1 fully saturated rings. The molecule has 5 heteroatoms. The van der Waals surface area contributed by atoms with Crippen molar-refractivity contribution in [2.75, 3.05) is 11.9 Å². The summed E-state index contributed by atoms with van der Waals surface area (Å²) in [5.41, 5.74) is 0.930. The third-order valence-corrected chi connectivity index (χ3v) is 4.11. The Hall–Kier alpha value is -1.52. The van der Waals surface area contributed by atoms with E-state index in [1.54, 1.807) is 11.6 Å². The highest BCUT2D eigenvalue weighted by Crippen LogP contribution is 2.29. The quantitative estimate of drug-likeness (QED) is 0.853. The van der Waals surface area contributed by atoms with E-state index >= 15 is 0 Å². The maximum Gasteiger partial charge on any atom is 0.341 e. The van der Waals surface area contributed by atoms with Gasteiger partial charge in [-0.3, -0.25) is 4.68 Å². The fourth-order valence-electron chi connectivity index (χ4n) is 3.12. The molecule has 2 rings (SSSR count). The molecule has 1 saturated carbocycles. The van der Waals surface area contributed by atoms with Crippen molar-refractivity contribution in [2.24, 2.45) is 7.05 Å². The van der Waals surface area contributed by atoms with E-state index in [2.05, 4.69) is 10.00 Å². The number of aryl methyl sites for hydroxylation is 2. The molecule has 1 aliphatic rings. The summed E-state index contributed by atoms with van der Waals surface area (Å²) in [4.78, 5) is 13.6. The van der Waals surface area contributed by atoms with Crippen molar-refractivity contribution in [1.29, 1.82) is 0 Å². The van der Waals surface area contributed by atoms with Gasteiger partial charge in [-0.2, -0.15) is 5.10 Å². The summed E-state index contributed by atoms with van der Waals surface area (Å²) in [6.45, 7) is 1.76. The van der Waals surface area contributed by atoms with Crippen LogP contribution in [-0.2, 0) is 7.05 Å². The molecule has 106 valence electrons. The molecule has 19 heavy (non-hydrogen) atoms. The molecule has 0 saturated heterocycles. The number of hydrogen-bond donors (Lipinski definition) is 1. The van der Waals surface area contributed by atoms with E-state index in [-0.39, 0.29) is 0 Å². The van der Waals surface area contributed by atoms with Crippen molar-refractivity contribution < 1.29 is 9.90 Å². The SMILES string of the molecule is Cc1nn(C)c(N(C)C2CCCCCC2)c1C(=O)O. The molecule has 1 aromatic heterocycles. The van der Waals surface area contributed by atoms with Crippen LogP contribution < -0.4 is 4.90 Å². The van der Waals surface area contributed by atoms with Crippen LogP contribution in [0.25, 0.3) is 0 Å². The van der Waals surface area contributed by atoms with Crippen LogP contribution in [0.5, 0.6) is 0 Å². The lowest BCUT2D eigenvalue weighted by Gasteiger charge is -2.29. The smallest absolute Gasteiger partial charge is 0.341 e. The van der Waals surface area contributed by atoms with Crippen LogP contribution in [0.2, 0.25) is 0 Å². The zero-order chi connectivity index (χ0) is 14.0. The van der Waals surface area contributed by atoms with Gasteiger partial charge in [0.25, 0.3) is 0 Å². The van der Waals surface area contributed by atoms with Gasteiger partial charge < -0.3 is 10.0 Å². The van der Waals surface area contributed by atoms with Gasteiger partial charge in [-0.25, -0.2) is 4.79 Å². The lowest BCUT2D eigenvalue weighted by atomic mass is 10.1. The maximum absolute atomic E-state index is 11.4. The first-order valence-corrected chi connectivity index (χ1v) is 7.02. The van der Waals surface area contributed by atoms with E-state index in [0.29, 0.717) is 17.3 Å². The average Bonchev–Trinajstić information content (AvgIpc) is 2.56. The lowest BCUT2D eigenvalue weighted by Crippen LogP contribution is -2.33. The zero-order valence-corrected chi connectivity index (χ0v) is 12.0. The van der Waals surface area contributed by atoms with Crippen LogP contribution >= 0.6 is 0 Å². The molecule has 5 nitrogen and oxygen atoms in total. The summed E-state index contributed by atoms with van der Waals surface area (Å²) in [5, 5.41) is 13.6. The Balaban J connectivity index is 2.31. The number of carboxylic acid groups (broad SMARTS) is 1. The van der Waals surface area contributed by atoms with Crippen molar-refractivity contribution >= 4 is 11.8 Å². The Morgan fingerprint density at radius 2 is 1.89 bits per heavy atom. The van der Waals surface area contributed by atoms with Crippen molar-refractivity contribution in [3.05, 3.63) is 11.3 Å². The summed E-state index contributed by atoms with van der Waals surface area (Å²) in [7, 11) is 3.82. The van der Waals surface area contributed by atoms with E-state index in [0.717, 1.165) is 18.7 Å². The number of carbonyl (C=O) groups is 1. The molecule has 0 aromatic carbocycles. The number of hydrogen-bond acceptors (Lipinski definition) is 3. The second-order valence-electron chi connectivity index (χ2n) is 5.47. The second-order valence-corrected chi connectivity index (χ2v) is 5.47. The standard InChI is InChI=1S/C14H23N3O2/c1-10-12(14(18)19)13(17(3)15-10)16(2)11-8-6-4-5-7-9-11/h11H,4-9H2,1-3H3,(H,18,19). The molecule has 1 aliphatic carbocycles. The van der Waals surface area contributed by atoms with E-state index < -0.39 is 5.97 Å². The van der Waals surface area contributed by atoms with Gasteiger partial charge in [-0.05, 0) is 19.8 Å². The Morgan fingerprint density at radius 3 is 2.42 bits per heavy atom. The summed E-state index contributed by atoms with van der Waals surface area (Å²) >= 11 is 0. The van der Waals surface area contributed by atoms with Gasteiger partial charge in [0.15, 0.2) is 0 Å². The van der Waals surface area contributed by atoms with Crippen molar-refractivity contribution in [3.63, 3.8) is 0 Å². The number of anilines is 1. The predicted molar refractivity (Wildman–Crippen MR) is 74.8 cm³/mol. The van der Waals surface area contributed by atoms with E-state index in [9.17, 15) is 9.90 Å². The molecule has 0 unspecified atom stereocenters. The first-order valence-electron chi connectivity index (χ1n) is 7.02. The van der Waals surface area contributed by atoms with Crippen LogP contribution in [0.4, 0.5) is 5.82 Å². The van der Waals surface area contributed by atoms with Crippen molar-refractivity contribution in [1.82, 2.24) is 9.78 Å². The maximum atomic E-state index is 11.4. The third kappa shape index (κ3) is 2.74. The van der Waals surface area contributed by atoms with Gasteiger partial charge >= 0.3 is 5.97 Å². The van der Waals surface area contributed by atoms with Gasteiger partial charge in [-0.1, -0.05) is 25.7 Å². The van der Waals surface area contributed by atoms with Crippen LogP contribution in [-0.4, -0.2) is 33.9 Å². The minimum absolute atomic E-state index is 0.342. The first kappa shape index (κ1) is 13.9. The summed E-state index contributed by atoms with van der Waals surface area (Å²) in [6.07, 6.45) is 7.32. The van der Waals surface area contributed by atoms with Crippen molar-refractivity contribution in [3.8, 4) is 0 Å². The predicted octanol–water partition coefficient (Wildman–Crippen LogP) is 2.59. The molecular weight excluding hydrogens is 242 g/mol. The van der Waals surface area contributed by atoms with Gasteiger partial charge in [0.2, 0.25) is 0 Å². The Bertz CT molecular complexity index is 460. The number of aromatic carboxylic acids is 1. The van der Waals surface area contributed by atoms with Crippen molar-refractivity contribution in [2.45, 2.75) is 51.5 Å². The molecule has 0 aliphatic heterocycles. The summed E-state index contributed by atoms with van der Waals surface area (Å²) in [6, 6.07) is 0.426. The highest BCUT2D eigenvalue weighted by molar-refractivity contribution is 5.94. The molecule has 0 spiro atoms. The largest absolute Gasteiger partial charge is 0.477 e. The number of carboxylic acids is 1. The van der Waals surface area contributed by atoms with E-state index in [4.69, 9.17) is 0 Å². The van der Waals surface area contributed by atoms with Crippen LogP contribution in [0, 0.1) is 6.92 Å². The molecule has 1 aromatic rings. The molecular formula is C14H23N3O2. The lowest BCUT2D eigenvalue weighted by molar-refractivity contribution is 0.0696. The van der Waals surface area contributed by atoms with Gasteiger partial charge in [0.1, 0.15) is 11.4 Å². The third-order valence-electron chi connectivity index (χ3n) is 4.11. The average molecular weight is 265 g/mol. The van der Waals surface area contributed by atoms with E-state index in [1.807, 2.05) is 14.1 Å². The fraction of sp³-hybridized carbons (Fsp3) is 0.714. The monoisotopic (exact) mass is 265 g/mol. The van der Waals surface area contributed by atoms with E-state index in [1.165, 1.54) is 25.7 Å². The second kappa shape index (κ2) is 5.63. The molecule has 0 atom stereocenters. The normalized spacial score (nSPS) is 17.2. The number of aromatic nitrogens is 2. The van der Waals surface area contributed by atoms with Gasteiger partial charge in [0.05, 0.1) is 5.69 Å². The minimum atomic E-state index is -0.888. The zero-order valence-electron chi connectivity index (χ0n) is 12.0. The Kier molecular flexibility index (Phi) is 4.12. The molecule has 0 radical (unpaired) electrons. The minimum Gasteiger partial charge on any atom is -0.477 e. The van der Waals surface area contributed by atoms with Crippen LogP contribution in [0.15, 0.2) is 0 Å². The molecule has 0 amide bonds. The number of nitrogens with zero attached hydrogens (tertiary/aromatic N) is 3.